The monoisotopic (exact) mass is 430 g/mol. The van der Waals surface area contributed by atoms with E-state index in [2.05, 4.69) is 70.9 Å². The summed E-state index contributed by atoms with van der Waals surface area (Å²) in [5, 5.41) is 3.44. The van der Waals surface area contributed by atoms with Gasteiger partial charge in [-0.05, 0) is 40.8 Å². The quantitative estimate of drug-likeness (QED) is 0.461. The van der Waals surface area contributed by atoms with E-state index in [0.717, 1.165) is 49.3 Å². The summed E-state index contributed by atoms with van der Waals surface area (Å²) in [5.41, 5.74) is 4.48. The van der Waals surface area contributed by atoms with E-state index in [4.69, 9.17) is 4.74 Å². The van der Waals surface area contributed by atoms with Gasteiger partial charge in [0.05, 0.1) is 6.61 Å². The molecule has 1 fully saturated rings. The van der Waals surface area contributed by atoms with Crippen molar-refractivity contribution in [3.05, 3.63) is 102 Å². The Morgan fingerprint density at radius 3 is 2.22 bits per heavy atom. The summed E-state index contributed by atoms with van der Waals surface area (Å²) in [6.07, 6.45) is 5.51. The van der Waals surface area contributed by atoms with Crippen molar-refractivity contribution < 1.29 is 9.13 Å². The first-order valence-corrected chi connectivity index (χ1v) is 11.4. The molecule has 4 rings (SSSR count). The molecule has 1 N–H and O–H groups in total. The van der Waals surface area contributed by atoms with Crippen LogP contribution in [0, 0.1) is 5.82 Å². The average molecular weight is 431 g/mol. The summed E-state index contributed by atoms with van der Waals surface area (Å²) < 4.78 is 19.2. The van der Waals surface area contributed by atoms with Crippen molar-refractivity contribution in [3.8, 4) is 11.1 Å². The van der Waals surface area contributed by atoms with Crippen molar-refractivity contribution in [1.82, 2.24) is 10.2 Å². The molecule has 4 heteroatoms. The van der Waals surface area contributed by atoms with Gasteiger partial charge < -0.3 is 10.1 Å². The normalized spacial score (nSPS) is 15.8. The van der Waals surface area contributed by atoms with Crippen molar-refractivity contribution >= 4 is 6.08 Å². The maximum Gasteiger partial charge on any atom is 0.123 e. The number of ether oxygens (including phenoxy) is 1. The average Bonchev–Trinajstić information content (AvgIpc) is 2.86. The minimum atomic E-state index is -0.212. The second-order valence-corrected chi connectivity index (χ2v) is 8.17. The second-order valence-electron chi connectivity index (χ2n) is 8.17. The molecule has 1 unspecified atom stereocenters. The van der Waals surface area contributed by atoms with Crippen molar-refractivity contribution in [2.24, 2.45) is 0 Å². The first-order valence-electron chi connectivity index (χ1n) is 11.4. The standard InChI is InChI=1S/C28H31FN2O/c29-27-13-11-26(12-14-27)25-9-6-24(7-10-25)22-32-21-16-28(31-19-17-30-18-20-31)15-8-23-4-2-1-3-5-23/h1-15,28,30H,16-22H2/b15-8+. The molecule has 32 heavy (non-hydrogen) atoms. The van der Waals surface area contributed by atoms with Crippen LogP contribution in [0.2, 0.25) is 0 Å². The van der Waals surface area contributed by atoms with Gasteiger partial charge in [-0.1, -0.05) is 78.9 Å². The van der Waals surface area contributed by atoms with Gasteiger partial charge in [0, 0.05) is 38.8 Å². The van der Waals surface area contributed by atoms with Crippen LogP contribution in [0.1, 0.15) is 17.5 Å². The molecule has 0 amide bonds. The number of benzene rings is 3. The Hall–Kier alpha value is -2.79. The van der Waals surface area contributed by atoms with Gasteiger partial charge >= 0.3 is 0 Å². The Balaban J connectivity index is 1.29. The fourth-order valence-corrected chi connectivity index (χ4v) is 4.03. The number of piperazine rings is 1. The molecule has 1 saturated heterocycles. The molecule has 3 aromatic carbocycles. The zero-order valence-electron chi connectivity index (χ0n) is 18.4. The molecule has 0 spiro atoms. The summed E-state index contributed by atoms with van der Waals surface area (Å²) in [6, 6.07) is 25.7. The zero-order chi connectivity index (χ0) is 22.0. The molecule has 1 heterocycles. The first-order chi connectivity index (χ1) is 15.8. The summed E-state index contributed by atoms with van der Waals surface area (Å²) in [5.74, 6) is -0.212. The highest BCUT2D eigenvalue weighted by Crippen LogP contribution is 2.20. The lowest BCUT2D eigenvalue weighted by Gasteiger charge is -2.33. The van der Waals surface area contributed by atoms with Crippen LogP contribution in [0.5, 0.6) is 0 Å². The Morgan fingerprint density at radius 2 is 1.53 bits per heavy atom. The van der Waals surface area contributed by atoms with Crippen LogP contribution in [0.15, 0.2) is 84.9 Å². The van der Waals surface area contributed by atoms with E-state index in [9.17, 15) is 4.39 Å². The van der Waals surface area contributed by atoms with Gasteiger partial charge in [0.1, 0.15) is 5.82 Å². The third-order valence-corrected chi connectivity index (χ3v) is 5.89. The van der Waals surface area contributed by atoms with Gasteiger partial charge in [0.25, 0.3) is 0 Å². The van der Waals surface area contributed by atoms with Gasteiger partial charge in [-0.15, -0.1) is 0 Å². The summed E-state index contributed by atoms with van der Waals surface area (Å²) in [7, 11) is 0. The molecule has 166 valence electrons. The fraction of sp³-hybridized carbons (Fsp3) is 0.286. The van der Waals surface area contributed by atoms with Crippen LogP contribution in [0.4, 0.5) is 4.39 Å². The summed E-state index contributed by atoms with van der Waals surface area (Å²) in [4.78, 5) is 2.54. The number of nitrogens with zero attached hydrogens (tertiary/aromatic N) is 1. The van der Waals surface area contributed by atoms with E-state index < -0.39 is 0 Å². The Bertz CT molecular complexity index is 965. The molecular formula is C28H31FN2O. The number of hydrogen-bond acceptors (Lipinski definition) is 3. The van der Waals surface area contributed by atoms with Crippen molar-refractivity contribution in [3.63, 3.8) is 0 Å². The molecule has 0 aromatic heterocycles. The second kappa shape index (κ2) is 11.7. The molecule has 0 radical (unpaired) electrons. The first kappa shape index (κ1) is 22.4. The SMILES string of the molecule is Fc1ccc(-c2ccc(COCCC(/C=C/c3ccccc3)N3CCNCC3)cc2)cc1. The smallest absolute Gasteiger partial charge is 0.123 e. The Labute approximate surface area is 190 Å². The van der Waals surface area contributed by atoms with Crippen LogP contribution in [0.3, 0.4) is 0 Å². The van der Waals surface area contributed by atoms with Crippen LogP contribution in [-0.4, -0.2) is 43.7 Å². The molecule has 0 saturated carbocycles. The highest BCUT2D eigenvalue weighted by Gasteiger charge is 2.18. The highest BCUT2D eigenvalue weighted by atomic mass is 19.1. The third kappa shape index (κ3) is 6.60. The minimum Gasteiger partial charge on any atom is -0.377 e. The molecule has 1 aliphatic rings. The number of nitrogens with one attached hydrogen (secondary N) is 1. The van der Waals surface area contributed by atoms with E-state index in [1.54, 1.807) is 12.1 Å². The predicted molar refractivity (Wildman–Crippen MR) is 130 cm³/mol. The van der Waals surface area contributed by atoms with E-state index in [1.807, 2.05) is 6.07 Å². The lowest BCUT2D eigenvalue weighted by molar-refractivity contribution is 0.0938. The third-order valence-electron chi connectivity index (χ3n) is 5.89. The van der Waals surface area contributed by atoms with Gasteiger partial charge in [0.2, 0.25) is 0 Å². The largest absolute Gasteiger partial charge is 0.377 e. The molecule has 3 nitrogen and oxygen atoms in total. The molecule has 0 aliphatic carbocycles. The van der Waals surface area contributed by atoms with E-state index >= 15 is 0 Å². The van der Waals surface area contributed by atoms with Crippen molar-refractivity contribution in [1.29, 1.82) is 0 Å². The summed E-state index contributed by atoms with van der Waals surface area (Å²) in [6.45, 7) is 5.52. The van der Waals surface area contributed by atoms with E-state index in [-0.39, 0.29) is 5.82 Å². The molecule has 0 bridgehead atoms. The number of hydrogen-bond donors (Lipinski definition) is 1. The maximum atomic E-state index is 13.1. The molecular weight excluding hydrogens is 399 g/mol. The van der Waals surface area contributed by atoms with Crippen molar-refractivity contribution in [2.75, 3.05) is 32.8 Å². The van der Waals surface area contributed by atoms with Gasteiger partial charge in [-0.2, -0.15) is 0 Å². The minimum absolute atomic E-state index is 0.212. The maximum absolute atomic E-state index is 13.1. The lowest BCUT2D eigenvalue weighted by atomic mass is 10.0. The highest BCUT2D eigenvalue weighted by molar-refractivity contribution is 5.63. The predicted octanol–water partition coefficient (Wildman–Crippen LogP) is 5.39. The van der Waals surface area contributed by atoms with Crippen molar-refractivity contribution in [2.45, 2.75) is 19.1 Å². The topological polar surface area (TPSA) is 24.5 Å². The Morgan fingerprint density at radius 1 is 0.875 bits per heavy atom. The number of halogens is 1. The molecule has 1 atom stereocenters. The van der Waals surface area contributed by atoms with Gasteiger partial charge in [-0.3, -0.25) is 4.90 Å². The van der Waals surface area contributed by atoms with E-state index in [0.29, 0.717) is 19.3 Å². The zero-order valence-corrected chi connectivity index (χ0v) is 18.4. The number of rotatable bonds is 9. The Kier molecular flexibility index (Phi) is 8.21. The van der Waals surface area contributed by atoms with Crippen LogP contribution >= 0.6 is 0 Å². The van der Waals surface area contributed by atoms with Crippen LogP contribution in [0.25, 0.3) is 17.2 Å². The lowest BCUT2D eigenvalue weighted by Crippen LogP contribution is -2.48. The van der Waals surface area contributed by atoms with E-state index in [1.165, 1.54) is 17.7 Å². The molecule has 1 aliphatic heterocycles. The summed E-state index contributed by atoms with van der Waals surface area (Å²) >= 11 is 0. The van der Waals surface area contributed by atoms with Gasteiger partial charge in [0.15, 0.2) is 0 Å². The van der Waals surface area contributed by atoms with Gasteiger partial charge in [-0.25, -0.2) is 4.39 Å². The molecule has 3 aromatic rings. The van der Waals surface area contributed by atoms with Crippen LogP contribution in [-0.2, 0) is 11.3 Å². The fourth-order valence-electron chi connectivity index (χ4n) is 4.03. The van der Waals surface area contributed by atoms with Crippen LogP contribution < -0.4 is 5.32 Å².